The van der Waals surface area contributed by atoms with E-state index in [4.69, 9.17) is 0 Å². The van der Waals surface area contributed by atoms with E-state index in [1.165, 1.54) is 5.56 Å². The number of ketones is 1. The Labute approximate surface area is 114 Å². The molecule has 3 nitrogen and oxygen atoms in total. The number of imidazole rings is 1. The summed E-state index contributed by atoms with van der Waals surface area (Å²) in [6, 6.07) is 4.14. The van der Waals surface area contributed by atoms with Gasteiger partial charge in [0.25, 0.3) is 5.82 Å². The zero-order valence-electron chi connectivity index (χ0n) is 12.3. The van der Waals surface area contributed by atoms with Gasteiger partial charge in [0.1, 0.15) is 12.4 Å². The van der Waals surface area contributed by atoms with E-state index in [0.717, 1.165) is 22.5 Å². The number of carbonyl (C=O) groups excluding carboxylic acids is 1. The topological polar surface area (TPSA) is 25.9 Å². The molecule has 0 fully saturated rings. The number of hydrogen-bond donors (Lipinski definition) is 0. The summed E-state index contributed by atoms with van der Waals surface area (Å²) in [6.45, 7) is 8.50. The Balaban J connectivity index is 2.33. The minimum atomic E-state index is 0.175. The summed E-state index contributed by atoms with van der Waals surface area (Å²) in [7, 11) is 1.98. The Bertz CT molecular complexity index is 615. The van der Waals surface area contributed by atoms with Gasteiger partial charge in [-0.05, 0) is 31.9 Å². The second-order valence-corrected chi connectivity index (χ2v) is 5.28. The van der Waals surface area contributed by atoms with Gasteiger partial charge in [0.2, 0.25) is 5.78 Å². The fourth-order valence-corrected chi connectivity index (χ4v) is 2.62. The molecule has 1 heterocycles. The molecule has 0 N–H and O–H groups in total. The molecule has 0 bridgehead atoms. The van der Waals surface area contributed by atoms with Crippen molar-refractivity contribution in [2.45, 2.75) is 34.2 Å². The molecule has 1 aromatic heterocycles. The first-order valence-electron chi connectivity index (χ1n) is 6.52. The maximum atomic E-state index is 12.5. The summed E-state index contributed by atoms with van der Waals surface area (Å²) in [5.74, 6) is 1.25. The molecule has 19 heavy (non-hydrogen) atoms. The highest BCUT2D eigenvalue weighted by Crippen LogP contribution is 2.17. The molecule has 0 saturated heterocycles. The molecule has 0 atom stereocenters. The van der Waals surface area contributed by atoms with Crippen LogP contribution in [0.2, 0.25) is 0 Å². The van der Waals surface area contributed by atoms with Gasteiger partial charge in [0, 0.05) is 12.5 Å². The van der Waals surface area contributed by atoms with E-state index in [1.54, 1.807) is 0 Å². The second kappa shape index (κ2) is 5.00. The van der Waals surface area contributed by atoms with Gasteiger partial charge < -0.3 is 0 Å². The third-order valence-corrected chi connectivity index (χ3v) is 3.67. The number of rotatable bonds is 3. The molecule has 0 spiro atoms. The molecule has 1 aromatic carbocycles. The Morgan fingerprint density at radius 2 is 1.74 bits per heavy atom. The number of benzene rings is 1. The lowest BCUT2D eigenvalue weighted by Crippen LogP contribution is -2.30. The van der Waals surface area contributed by atoms with Crippen molar-refractivity contribution in [1.29, 1.82) is 0 Å². The summed E-state index contributed by atoms with van der Waals surface area (Å²) in [5.41, 5.74) is 4.20. The van der Waals surface area contributed by atoms with Gasteiger partial charge in [-0.1, -0.05) is 17.7 Å². The molecule has 100 valence electrons. The molecular formula is C16H21N2O+. The fourth-order valence-electron chi connectivity index (χ4n) is 2.62. The van der Waals surface area contributed by atoms with Crippen LogP contribution in [0.3, 0.4) is 0 Å². The number of aryl methyl sites for hydroxylation is 4. The average molecular weight is 257 g/mol. The third-order valence-electron chi connectivity index (χ3n) is 3.67. The van der Waals surface area contributed by atoms with Crippen molar-refractivity contribution in [2.24, 2.45) is 7.05 Å². The predicted molar refractivity (Wildman–Crippen MR) is 75.3 cm³/mol. The molecule has 0 unspecified atom stereocenters. The van der Waals surface area contributed by atoms with Crippen LogP contribution in [-0.2, 0) is 13.6 Å². The second-order valence-electron chi connectivity index (χ2n) is 5.28. The van der Waals surface area contributed by atoms with Gasteiger partial charge in [0.05, 0.1) is 7.05 Å². The quantitative estimate of drug-likeness (QED) is 0.612. The van der Waals surface area contributed by atoms with Gasteiger partial charge in [0.15, 0.2) is 6.54 Å². The van der Waals surface area contributed by atoms with Gasteiger partial charge in [-0.2, -0.15) is 0 Å². The van der Waals surface area contributed by atoms with Gasteiger partial charge in [-0.15, -0.1) is 0 Å². The molecule has 0 aliphatic rings. The van der Waals surface area contributed by atoms with Crippen molar-refractivity contribution in [3.63, 3.8) is 0 Å². The first-order valence-corrected chi connectivity index (χ1v) is 6.52. The average Bonchev–Trinajstić information content (AvgIpc) is 2.59. The van der Waals surface area contributed by atoms with Crippen molar-refractivity contribution in [3.05, 3.63) is 52.6 Å². The number of Topliss-reactive ketones (excluding diaryl/α,β-unsaturated/α-hetero) is 1. The molecule has 0 radical (unpaired) electrons. The maximum absolute atomic E-state index is 12.5. The molecular weight excluding hydrogens is 236 g/mol. The first-order chi connectivity index (χ1) is 8.90. The molecule has 0 amide bonds. The van der Waals surface area contributed by atoms with Crippen molar-refractivity contribution >= 4 is 5.78 Å². The minimum Gasteiger partial charge on any atom is -0.290 e. The van der Waals surface area contributed by atoms with E-state index in [2.05, 4.69) is 19.1 Å². The number of nitrogens with zero attached hydrogens (tertiary/aromatic N) is 2. The summed E-state index contributed by atoms with van der Waals surface area (Å²) < 4.78 is 4.00. The van der Waals surface area contributed by atoms with Crippen LogP contribution in [0.1, 0.15) is 32.9 Å². The predicted octanol–water partition coefficient (Wildman–Crippen LogP) is 2.43. The Morgan fingerprint density at radius 1 is 1.16 bits per heavy atom. The van der Waals surface area contributed by atoms with E-state index in [9.17, 15) is 4.79 Å². The van der Waals surface area contributed by atoms with Crippen molar-refractivity contribution in [3.8, 4) is 0 Å². The molecule has 2 rings (SSSR count). The summed E-state index contributed by atoms with van der Waals surface area (Å²) in [6.07, 6.45) is 3.92. The minimum absolute atomic E-state index is 0.175. The van der Waals surface area contributed by atoms with Crippen LogP contribution >= 0.6 is 0 Å². The molecule has 0 saturated carbocycles. The third kappa shape index (κ3) is 2.60. The van der Waals surface area contributed by atoms with E-state index in [-0.39, 0.29) is 5.78 Å². The van der Waals surface area contributed by atoms with Gasteiger partial charge in [-0.25, -0.2) is 9.13 Å². The smallest absolute Gasteiger partial charge is 0.253 e. The highest BCUT2D eigenvalue weighted by Gasteiger charge is 2.18. The maximum Gasteiger partial charge on any atom is 0.253 e. The monoisotopic (exact) mass is 257 g/mol. The molecule has 0 aliphatic heterocycles. The lowest BCUT2D eigenvalue weighted by molar-refractivity contribution is -0.677. The Hall–Kier alpha value is -1.90. The number of carbonyl (C=O) groups is 1. The van der Waals surface area contributed by atoms with Crippen LogP contribution in [0.4, 0.5) is 0 Å². The zero-order valence-corrected chi connectivity index (χ0v) is 12.3. The van der Waals surface area contributed by atoms with E-state index < -0.39 is 0 Å². The van der Waals surface area contributed by atoms with Crippen molar-refractivity contribution in [2.75, 3.05) is 0 Å². The SMILES string of the molecule is Cc1cc(C)c(C(=O)Cn2cc[n+](C)c2C)c(C)c1. The first kappa shape index (κ1) is 13.5. The standard InChI is InChI=1S/C16H21N2O/c1-11-8-12(2)16(13(3)9-11)15(19)10-18-7-6-17(5)14(18)4/h6-9H,10H2,1-5H3/q+1. The lowest BCUT2D eigenvalue weighted by atomic mass is 9.96. The van der Waals surface area contributed by atoms with Gasteiger partial charge >= 0.3 is 0 Å². The highest BCUT2D eigenvalue weighted by molar-refractivity contribution is 5.98. The number of aromatic nitrogens is 2. The largest absolute Gasteiger partial charge is 0.290 e. The summed E-state index contributed by atoms with van der Waals surface area (Å²) in [5, 5.41) is 0. The van der Waals surface area contributed by atoms with Crippen molar-refractivity contribution in [1.82, 2.24) is 4.57 Å². The van der Waals surface area contributed by atoms with Crippen LogP contribution in [0.25, 0.3) is 0 Å². The summed E-state index contributed by atoms with van der Waals surface area (Å²) in [4.78, 5) is 12.5. The fraction of sp³-hybridized carbons (Fsp3) is 0.375. The van der Waals surface area contributed by atoms with E-state index in [0.29, 0.717) is 6.54 Å². The Kier molecular flexibility index (Phi) is 3.56. The van der Waals surface area contributed by atoms with Crippen LogP contribution in [0.5, 0.6) is 0 Å². The molecule has 2 aromatic rings. The van der Waals surface area contributed by atoms with Crippen LogP contribution in [0.15, 0.2) is 24.5 Å². The normalized spacial score (nSPS) is 10.8. The van der Waals surface area contributed by atoms with Crippen LogP contribution < -0.4 is 4.57 Å². The van der Waals surface area contributed by atoms with E-state index in [1.807, 2.05) is 49.3 Å². The van der Waals surface area contributed by atoms with Crippen LogP contribution in [-0.4, -0.2) is 10.4 Å². The molecule has 0 aliphatic carbocycles. The number of hydrogen-bond acceptors (Lipinski definition) is 1. The summed E-state index contributed by atoms with van der Waals surface area (Å²) >= 11 is 0. The van der Waals surface area contributed by atoms with Crippen LogP contribution in [0, 0.1) is 27.7 Å². The highest BCUT2D eigenvalue weighted by atomic mass is 16.1. The van der Waals surface area contributed by atoms with E-state index >= 15 is 0 Å². The Morgan fingerprint density at radius 3 is 2.21 bits per heavy atom. The molecule has 3 heteroatoms. The lowest BCUT2D eigenvalue weighted by Gasteiger charge is -2.09. The van der Waals surface area contributed by atoms with Crippen molar-refractivity contribution < 1.29 is 9.36 Å². The van der Waals surface area contributed by atoms with Gasteiger partial charge in [-0.3, -0.25) is 4.79 Å². The zero-order chi connectivity index (χ0) is 14.2.